The lowest BCUT2D eigenvalue weighted by atomic mass is 10.3. The van der Waals surface area contributed by atoms with E-state index < -0.39 is 10.8 Å². The van der Waals surface area contributed by atoms with Crippen LogP contribution >= 0.6 is 0 Å². The van der Waals surface area contributed by atoms with Gasteiger partial charge in [0.2, 0.25) is 0 Å². The fourth-order valence-electron chi connectivity index (χ4n) is 0.764. The van der Waals surface area contributed by atoms with Crippen LogP contribution in [0.2, 0.25) is 0 Å². The first-order valence-electron chi connectivity index (χ1n) is 3.94. The van der Waals surface area contributed by atoms with Crippen LogP contribution in [-0.4, -0.2) is 29.4 Å². The van der Waals surface area contributed by atoms with Gasteiger partial charge in [0.25, 0.3) is 0 Å². The molecule has 0 fully saturated rings. The predicted molar refractivity (Wildman–Crippen MR) is 49.1 cm³/mol. The van der Waals surface area contributed by atoms with E-state index in [-0.39, 0.29) is 5.92 Å². The fourth-order valence-corrected chi connectivity index (χ4v) is 2.00. The van der Waals surface area contributed by atoms with Gasteiger partial charge in [0.15, 0.2) is 0 Å². The van der Waals surface area contributed by atoms with E-state index in [9.17, 15) is 4.21 Å². The van der Waals surface area contributed by atoms with Crippen LogP contribution in [0.3, 0.4) is 0 Å². The molecule has 0 aromatic carbocycles. The van der Waals surface area contributed by atoms with Crippen molar-refractivity contribution < 1.29 is 8.95 Å². The Morgan fingerprint density at radius 3 is 2.83 bits per heavy atom. The van der Waals surface area contributed by atoms with Crippen molar-refractivity contribution in [2.24, 2.45) is 5.92 Å². The van der Waals surface area contributed by atoms with Crippen LogP contribution < -0.4 is 0 Å². The Kier molecular flexibility index (Phi) is 7.02. The van der Waals surface area contributed by atoms with Gasteiger partial charge in [-0.05, 0) is 13.3 Å². The van der Waals surface area contributed by atoms with Gasteiger partial charge in [-0.2, -0.15) is 5.26 Å². The molecule has 70 valence electrons. The van der Waals surface area contributed by atoms with Crippen molar-refractivity contribution in [2.45, 2.75) is 13.3 Å². The molecular formula is C8H15NO2S. The summed E-state index contributed by atoms with van der Waals surface area (Å²) in [5.74, 6) is 1.02. The summed E-state index contributed by atoms with van der Waals surface area (Å²) in [6.45, 7) is 2.43. The lowest BCUT2D eigenvalue weighted by molar-refractivity contribution is 0.200. The van der Waals surface area contributed by atoms with Gasteiger partial charge in [0.05, 0.1) is 12.0 Å². The smallest absolute Gasteiger partial charge is 0.0662 e. The van der Waals surface area contributed by atoms with E-state index in [0.717, 1.165) is 6.42 Å². The predicted octanol–water partition coefficient (Wildman–Crippen LogP) is 0.931. The van der Waals surface area contributed by atoms with Crippen LogP contribution in [0.25, 0.3) is 0 Å². The molecule has 0 aliphatic rings. The van der Waals surface area contributed by atoms with Crippen molar-refractivity contribution in [3.63, 3.8) is 0 Å². The minimum atomic E-state index is -0.854. The number of rotatable bonds is 6. The highest BCUT2D eigenvalue weighted by Gasteiger charge is 2.05. The van der Waals surface area contributed by atoms with Gasteiger partial charge in [0, 0.05) is 36.0 Å². The maximum absolute atomic E-state index is 11.2. The maximum atomic E-state index is 11.2. The van der Waals surface area contributed by atoms with E-state index in [1.165, 1.54) is 0 Å². The molecule has 0 saturated heterocycles. The van der Waals surface area contributed by atoms with Crippen molar-refractivity contribution in [2.75, 3.05) is 25.2 Å². The Balaban J connectivity index is 3.41. The summed E-state index contributed by atoms with van der Waals surface area (Å²) in [5, 5.41) is 8.45. The van der Waals surface area contributed by atoms with Crippen LogP contribution in [0.1, 0.15) is 13.3 Å². The number of nitrogens with zero attached hydrogens (tertiary/aromatic N) is 1. The highest BCUT2D eigenvalue weighted by molar-refractivity contribution is 7.84. The van der Waals surface area contributed by atoms with Crippen LogP contribution in [0.4, 0.5) is 0 Å². The Hall–Kier alpha value is -0.400. The summed E-state index contributed by atoms with van der Waals surface area (Å²) in [6, 6.07) is 2.06. The Morgan fingerprint density at radius 1 is 1.67 bits per heavy atom. The first-order chi connectivity index (χ1) is 5.70. The van der Waals surface area contributed by atoms with Gasteiger partial charge in [-0.1, -0.05) is 0 Å². The molecule has 2 unspecified atom stereocenters. The summed E-state index contributed by atoms with van der Waals surface area (Å²) < 4.78 is 16.0. The van der Waals surface area contributed by atoms with Crippen molar-refractivity contribution in [1.82, 2.24) is 0 Å². The summed E-state index contributed by atoms with van der Waals surface area (Å²) >= 11 is 0. The fraction of sp³-hybridized carbons (Fsp3) is 0.875. The van der Waals surface area contributed by atoms with Crippen LogP contribution in [-0.2, 0) is 15.5 Å². The highest BCUT2D eigenvalue weighted by atomic mass is 32.2. The molecule has 0 aliphatic carbocycles. The topological polar surface area (TPSA) is 50.1 Å². The lowest BCUT2D eigenvalue weighted by Gasteiger charge is -2.02. The number of methoxy groups -OCH3 is 1. The Morgan fingerprint density at radius 2 is 2.33 bits per heavy atom. The molecule has 0 heterocycles. The zero-order valence-corrected chi connectivity index (χ0v) is 8.39. The average molecular weight is 189 g/mol. The minimum absolute atomic E-state index is 0.103. The molecule has 0 saturated carbocycles. The molecule has 0 bridgehead atoms. The largest absolute Gasteiger partial charge is 0.385 e. The third kappa shape index (κ3) is 6.32. The third-order valence-electron chi connectivity index (χ3n) is 1.38. The summed E-state index contributed by atoms with van der Waals surface area (Å²) in [7, 11) is 0.772. The molecular weight excluding hydrogens is 174 g/mol. The SMILES string of the molecule is COCCCS(=O)CC(C)C#N. The second kappa shape index (κ2) is 7.26. The Labute approximate surface area is 76.2 Å². The zero-order chi connectivity index (χ0) is 9.40. The monoisotopic (exact) mass is 189 g/mol. The number of hydrogen-bond donors (Lipinski definition) is 0. The third-order valence-corrected chi connectivity index (χ3v) is 2.99. The maximum Gasteiger partial charge on any atom is 0.0662 e. The van der Waals surface area contributed by atoms with Crippen LogP contribution in [0.5, 0.6) is 0 Å². The minimum Gasteiger partial charge on any atom is -0.385 e. The number of nitriles is 1. The van der Waals surface area contributed by atoms with Crippen LogP contribution in [0, 0.1) is 17.2 Å². The van der Waals surface area contributed by atoms with E-state index in [2.05, 4.69) is 6.07 Å². The van der Waals surface area contributed by atoms with Crippen molar-refractivity contribution >= 4 is 10.8 Å². The molecule has 2 atom stereocenters. The number of ether oxygens (including phenoxy) is 1. The van der Waals surface area contributed by atoms with Gasteiger partial charge in [-0.25, -0.2) is 0 Å². The Bertz CT molecular complexity index is 176. The van der Waals surface area contributed by atoms with Crippen molar-refractivity contribution in [3.8, 4) is 6.07 Å². The zero-order valence-electron chi connectivity index (χ0n) is 7.58. The van der Waals surface area contributed by atoms with E-state index in [4.69, 9.17) is 10.00 Å². The molecule has 3 nitrogen and oxygen atoms in total. The van der Waals surface area contributed by atoms with Gasteiger partial charge in [-0.3, -0.25) is 4.21 Å². The summed E-state index contributed by atoms with van der Waals surface area (Å²) in [4.78, 5) is 0. The van der Waals surface area contributed by atoms with Gasteiger partial charge in [-0.15, -0.1) is 0 Å². The van der Waals surface area contributed by atoms with Crippen molar-refractivity contribution in [3.05, 3.63) is 0 Å². The van der Waals surface area contributed by atoms with Gasteiger partial charge >= 0.3 is 0 Å². The highest BCUT2D eigenvalue weighted by Crippen LogP contribution is 1.97. The summed E-state index contributed by atoms with van der Waals surface area (Å²) in [6.07, 6.45) is 0.807. The average Bonchev–Trinajstić information content (AvgIpc) is 2.05. The molecule has 12 heavy (non-hydrogen) atoms. The standard InChI is InChI=1S/C8H15NO2S/c1-8(6-9)7-12(10)5-3-4-11-2/h8H,3-5,7H2,1-2H3. The molecule has 0 N–H and O–H groups in total. The van der Waals surface area contributed by atoms with E-state index >= 15 is 0 Å². The van der Waals surface area contributed by atoms with Crippen LogP contribution in [0.15, 0.2) is 0 Å². The molecule has 0 rings (SSSR count). The van der Waals surface area contributed by atoms with Crippen molar-refractivity contribution in [1.29, 1.82) is 5.26 Å². The van der Waals surface area contributed by atoms with Gasteiger partial charge in [0.1, 0.15) is 0 Å². The van der Waals surface area contributed by atoms with E-state index in [1.54, 1.807) is 14.0 Å². The second-order valence-electron chi connectivity index (χ2n) is 2.69. The quantitative estimate of drug-likeness (QED) is 0.584. The van der Waals surface area contributed by atoms with Gasteiger partial charge < -0.3 is 4.74 Å². The molecule has 0 aliphatic heterocycles. The second-order valence-corrected chi connectivity index (χ2v) is 4.31. The first kappa shape index (κ1) is 11.6. The first-order valence-corrected chi connectivity index (χ1v) is 5.43. The molecule has 0 radical (unpaired) electrons. The molecule has 0 aromatic heterocycles. The molecule has 4 heteroatoms. The molecule has 0 amide bonds. The normalized spacial score (nSPS) is 15.1. The number of hydrogen-bond acceptors (Lipinski definition) is 3. The lowest BCUT2D eigenvalue weighted by Crippen LogP contribution is -2.10. The summed E-state index contributed by atoms with van der Waals surface area (Å²) in [5.41, 5.74) is 0. The van der Waals surface area contributed by atoms with E-state index in [1.807, 2.05) is 0 Å². The van der Waals surface area contributed by atoms with E-state index in [0.29, 0.717) is 18.1 Å². The molecule has 0 aromatic rings. The molecule has 0 spiro atoms.